The van der Waals surface area contributed by atoms with Gasteiger partial charge in [-0.3, -0.25) is 15.1 Å². The molecule has 0 saturated carbocycles. The number of unbranched alkanes of at least 4 members (excludes halogenated alkanes) is 1. The summed E-state index contributed by atoms with van der Waals surface area (Å²) in [6.07, 6.45) is 3.45. The number of imide groups is 1. The second-order valence-corrected chi connectivity index (χ2v) is 5.30. The van der Waals surface area contributed by atoms with Gasteiger partial charge in [0.1, 0.15) is 11.3 Å². The highest BCUT2D eigenvalue weighted by atomic mass is 35.5. The van der Waals surface area contributed by atoms with Crippen molar-refractivity contribution in [2.24, 2.45) is 0 Å². The zero-order chi connectivity index (χ0) is 16.7. The number of urea groups is 1. The fourth-order valence-electron chi connectivity index (χ4n) is 1.96. The fraction of sp³-hybridized carbons (Fsp3) is 0.312. The molecule has 122 valence electrons. The van der Waals surface area contributed by atoms with E-state index < -0.39 is 11.9 Å². The molecule has 2 N–H and O–H groups in total. The second-order valence-electron chi connectivity index (χ2n) is 4.89. The van der Waals surface area contributed by atoms with Gasteiger partial charge in [-0.2, -0.15) is 0 Å². The number of ether oxygens (including phenoxy) is 1. The summed E-state index contributed by atoms with van der Waals surface area (Å²) >= 11 is 6.09. The lowest BCUT2D eigenvalue weighted by Gasteiger charge is -2.10. The van der Waals surface area contributed by atoms with E-state index in [9.17, 15) is 9.59 Å². The molecule has 0 unspecified atom stereocenters. The maximum Gasteiger partial charge on any atom is 0.321 e. The Labute approximate surface area is 139 Å². The number of hydrogen-bond donors (Lipinski definition) is 2. The Morgan fingerprint density at radius 1 is 1.30 bits per heavy atom. The summed E-state index contributed by atoms with van der Waals surface area (Å²) in [6.45, 7) is 2.26. The number of carbonyl (C=O) groups excluding carboxylic acids is 2. The Bertz CT molecular complexity index is 706. The van der Waals surface area contributed by atoms with Crippen molar-refractivity contribution in [3.8, 4) is 5.75 Å². The van der Waals surface area contributed by atoms with Crippen molar-refractivity contribution in [3.63, 3.8) is 0 Å². The van der Waals surface area contributed by atoms with Gasteiger partial charge >= 0.3 is 6.03 Å². The van der Waals surface area contributed by atoms with Gasteiger partial charge in [0.2, 0.25) is 0 Å². The van der Waals surface area contributed by atoms with Crippen LogP contribution in [0.2, 0.25) is 5.02 Å². The zero-order valence-corrected chi connectivity index (χ0v) is 13.5. The Morgan fingerprint density at radius 3 is 2.91 bits per heavy atom. The topological polar surface area (TPSA) is 80.3 Å². The van der Waals surface area contributed by atoms with E-state index in [1.807, 2.05) is 13.0 Å². The third-order valence-corrected chi connectivity index (χ3v) is 3.44. The van der Waals surface area contributed by atoms with E-state index >= 15 is 0 Å². The minimum absolute atomic E-state index is 0.283. The number of aromatic nitrogens is 1. The monoisotopic (exact) mass is 335 g/mol. The van der Waals surface area contributed by atoms with Crippen LogP contribution in [0.4, 0.5) is 4.79 Å². The normalized spacial score (nSPS) is 10.3. The molecule has 3 amide bonds. The van der Waals surface area contributed by atoms with Crippen LogP contribution < -0.4 is 15.4 Å². The van der Waals surface area contributed by atoms with Gasteiger partial charge in [-0.15, -0.1) is 0 Å². The van der Waals surface area contributed by atoms with Gasteiger partial charge in [-0.25, -0.2) is 4.79 Å². The molecule has 1 aromatic heterocycles. The molecule has 0 aliphatic rings. The predicted molar refractivity (Wildman–Crippen MR) is 88.7 cm³/mol. The van der Waals surface area contributed by atoms with Gasteiger partial charge in [0, 0.05) is 18.1 Å². The van der Waals surface area contributed by atoms with Crippen LogP contribution in [-0.4, -0.2) is 30.1 Å². The number of pyridine rings is 1. The van der Waals surface area contributed by atoms with Gasteiger partial charge in [0.05, 0.1) is 5.02 Å². The first-order valence-corrected chi connectivity index (χ1v) is 7.73. The highest BCUT2D eigenvalue weighted by molar-refractivity contribution is 6.35. The van der Waals surface area contributed by atoms with Crippen LogP contribution in [0.3, 0.4) is 0 Å². The number of nitrogens with zero attached hydrogens (tertiary/aromatic N) is 1. The Balaban J connectivity index is 1.92. The first-order valence-electron chi connectivity index (χ1n) is 7.35. The number of amides is 3. The molecule has 6 nitrogen and oxygen atoms in total. The summed E-state index contributed by atoms with van der Waals surface area (Å²) in [5.41, 5.74) is 0.570. The van der Waals surface area contributed by atoms with E-state index in [2.05, 4.69) is 15.6 Å². The molecule has 0 aliphatic heterocycles. The van der Waals surface area contributed by atoms with Crippen molar-refractivity contribution in [1.82, 2.24) is 15.6 Å². The Hall–Kier alpha value is -2.34. The molecule has 23 heavy (non-hydrogen) atoms. The smallest absolute Gasteiger partial charge is 0.321 e. The summed E-state index contributed by atoms with van der Waals surface area (Å²) in [5.74, 6) is -0.0930. The maximum atomic E-state index is 11.7. The molecule has 0 bridgehead atoms. The van der Waals surface area contributed by atoms with E-state index in [4.69, 9.17) is 16.3 Å². The number of halogens is 1. The summed E-state index contributed by atoms with van der Waals surface area (Å²) in [4.78, 5) is 27.4. The van der Waals surface area contributed by atoms with Crippen molar-refractivity contribution in [3.05, 3.63) is 35.5 Å². The molecule has 0 radical (unpaired) electrons. The van der Waals surface area contributed by atoms with Gasteiger partial charge in [-0.05, 0) is 30.7 Å². The number of hydrogen-bond acceptors (Lipinski definition) is 4. The molecular weight excluding hydrogens is 318 g/mol. The molecule has 0 atom stereocenters. The quantitative estimate of drug-likeness (QED) is 0.795. The fourth-order valence-corrected chi connectivity index (χ4v) is 2.17. The average molecular weight is 336 g/mol. The second kappa shape index (κ2) is 8.33. The first kappa shape index (κ1) is 17.0. The van der Waals surface area contributed by atoms with Gasteiger partial charge in [0.25, 0.3) is 5.91 Å². The molecule has 1 aromatic carbocycles. The van der Waals surface area contributed by atoms with Crippen molar-refractivity contribution >= 4 is 34.4 Å². The molecule has 0 saturated heterocycles. The minimum Gasteiger partial charge on any atom is -0.481 e. The summed E-state index contributed by atoms with van der Waals surface area (Å²) in [6, 6.07) is 6.39. The minimum atomic E-state index is -0.530. The lowest BCUT2D eigenvalue weighted by atomic mass is 10.2. The molecule has 7 heteroatoms. The van der Waals surface area contributed by atoms with Crippen LogP contribution in [0.15, 0.2) is 30.5 Å². The van der Waals surface area contributed by atoms with Crippen LogP contribution in [-0.2, 0) is 4.79 Å². The van der Waals surface area contributed by atoms with Crippen LogP contribution in [0.5, 0.6) is 5.75 Å². The number of benzene rings is 1. The molecule has 0 spiro atoms. The van der Waals surface area contributed by atoms with Gasteiger partial charge < -0.3 is 10.1 Å². The van der Waals surface area contributed by atoms with E-state index in [-0.39, 0.29) is 6.61 Å². The SMILES string of the molecule is CCCCNC(=O)NC(=O)COc1ccc(Cl)c2cccnc12. The average Bonchev–Trinajstić information content (AvgIpc) is 2.55. The number of carbonyl (C=O) groups is 2. The van der Waals surface area contributed by atoms with Crippen LogP contribution in [0.25, 0.3) is 10.9 Å². The zero-order valence-electron chi connectivity index (χ0n) is 12.8. The Kier molecular flexibility index (Phi) is 6.17. The van der Waals surface area contributed by atoms with E-state index in [0.29, 0.717) is 22.8 Å². The van der Waals surface area contributed by atoms with E-state index in [1.165, 1.54) is 0 Å². The van der Waals surface area contributed by atoms with Crippen molar-refractivity contribution < 1.29 is 14.3 Å². The van der Waals surface area contributed by atoms with E-state index in [1.54, 1.807) is 24.4 Å². The summed E-state index contributed by atoms with van der Waals surface area (Å²) < 4.78 is 5.45. The molecule has 2 rings (SSSR count). The summed E-state index contributed by atoms with van der Waals surface area (Å²) in [7, 11) is 0. The first-order chi connectivity index (χ1) is 11.1. The van der Waals surface area contributed by atoms with Crippen LogP contribution in [0, 0.1) is 0 Å². The molecule has 0 fully saturated rings. The molecular formula is C16H18ClN3O3. The van der Waals surface area contributed by atoms with Crippen LogP contribution in [0.1, 0.15) is 19.8 Å². The third-order valence-electron chi connectivity index (χ3n) is 3.11. The number of nitrogens with one attached hydrogen (secondary N) is 2. The standard InChI is InChI=1S/C16H18ClN3O3/c1-2-3-8-19-16(22)20-14(21)10-23-13-7-6-12(17)11-5-4-9-18-15(11)13/h4-7,9H,2-3,8,10H2,1H3,(H2,19,20,21,22). The highest BCUT2D eigenvalue weighted by Crippen LogP contribution is 2.29. The Morgan fingerprint density at radius 2 is 2.13 bits per heavy atom. The third kappa shape index (κ3) is 4.82. The number of fused-ring (bicyclic) bond motifs is 1. The molecule has 0 aliphatic carbocycles. The molecule has 1 heterocycles. The van der Waals surface area contributed by atoms with Crippen molar-refractivity contribution in [2.75, 3.05) is 13.2 Å². The highest BCUT2D eigenvalue weighted by Gasteiger charge is 2.11. The van der Waals surface area contributed by atoms with Crippen LogP contribution >= 0.6 is 11.6 Å². The lowest BCUT2D eigenvalue weighted by Crippen LogP contribution is -2.41. The van der Waals surface area contributed by atoms with Crippen molar-refractivity contribution in [2.45, 2.75) is 19.8 Å². The van der Waals surface area contributed by atoms with Gasteiger partial charge in [-0.1, -0.05) is 24.9 Å². The molecule has 2 aromatic rings. The number of rotatable bonds is 6. The lowest BCUT2D eigenvalue weighted by molar-refractivity contribution is -0.121. The maximum absolute atomic E-state index is 11.7. The van der Waals surface area contributed by atoms with E-state index in [0.717, 1.165) is 18.2 Å². The summed E-state index contributed by atoms with van der Waals surface area (Å²) in [5, 5.41) is 6.10. The largest absolute Gasteiger partial charge is 0.481 e. The predicted octanol–water partition coefficient (Wildman–Crippen LogP) is 2.89. The van der Waals surface area contributed by atoms with Gasteiger partial charge in [0.15, 0.2) is 6.61 Å². The van der Waals surface area contributed by atoms with Crippen molar-refractivity contribution in [1.29, 1.82) is 0 Å².